The van der Waals surface area contributed by atoms with E-state index in [0.717, 1.165) is 5.56 Å². The Balaban J connectivity index is 1.58. The van der Waals surface area contributed by atoms with Crippen LogP contribution in [0, 0.1) is 6.92 Å². The maximum Gasteiger partial charge on any atom is 0.251 e. The Hall–Kier alpha value is -3.20. The summed E-state index contributed by atoms with van der Waals surface area (Å²) in [5.74, 6) is 0.933. The van der Waals surface area contributed by atoms with Gasteiger partial charge in [-0.3, -0.25) is 9.59 Å². The van der Waals surface area contributed by atoms with Crippen molar-refractivity contribution in [2.45, 2.75) is 25.0 Å². The molecule has 2 heterocycles. The summed E-state index contributed by atoms with van der Waals surface area (Å²) < 4.78 is 1.78. The molecule has 9 heteroatoms. The molecule has 150 valence electrons. The minimum atomic E-state index is -0.336. The number of rotatable bonds is 7. The second kappa shape index (κ2) is 9.33. The van der Waals surface area contributed by atoms with E-state index in [4.69, 9.17) is 0 Å². The Morgan fingerprint density at radius 2 is 2.00 bits per heavy atom. The number of carbonyl (C=O) groups excluding carboxylic acids is 2. The topological polar surface area (TPSA) is 102 Å². The van der Waals surface area contributed by atoms with Gasteiger partial charge >= 0.3 is 0 Å². The number of hydrogen-bond donors (Lipinski definition) is 2. The molecule has 1 atom stereocenters. The summed E-state index contributed by atoms with van der Waals surface area (Å²) in [5, 5.41) is 14.6. The first-order chi connectivity index (χ1) is 13.9. The molecule has 0 aliphatic carbocycles. The Labute approximate surface area is 173 Å². The molecule has 0 radical (unpaired) electrons. The molecule has 3 rings (SSSR count). The lowest BCUT2D eigenvalue weighted by atomic mass is 10.1. The summed E-state index contributed by atoms with van der Waals surface area (Å²) in [4.78, 5) is 28.6. The molecule has 2 aromatic heterocycles. The first-order valence-electron chi connectivity index (χ1n) is 9.04. The van der Waals surface area contributed by atoms with Gasteiger partial charge in [-0.25, -0.2) is 4.98 Å². The van der Waals surface area contributed by atoms with E-state index in [2.05, 4.69) is 25.8 Å². The van der Waals surface area contributed by atoms with Gasteiger partial charge in [0.2, 0.25) is 5.91 Å². The van der Waals surface area contributed by atoms with Gasteiger partial charge < -0.3 is 15.2 Å². The van der Waals surface area contributed by atoms with Crippen LogP contribution in [-0.4, -0.2) is 37.3 Å². The minimum Gasteiger partial charge on any atom is -0.342 e. The molecule has 1 aromatic carbocycles. The number of anilines is 1. The molecule has 3 aromatic rings. The van der Waals surface area contributed by atoms with Crippen LogP contribution in [0.4, 0.5) is 5.82 Å². The maximum atomic E-state index is 12.5. The number of aromatic nitrogens is 4. The van der Waals surface area contributed by atoms with E-state index in [-0.39, 0.29) is 23.6 Å². The fourth-order valence-electron chi connectivity index (χ4n) is 2.71. The third-order valence-electron chi connectivity index (χ3n) is 4.15. The van der Waals surface area contributed by atoms with Gasteiger partial charge in [0, 0.05) is 18.8 Å². The number of aryl methyl sites for hydroxylation is 1. The van der Waals surface area contributed by atoms with Crippen LogP contribution < -0.4 is 10.6 Å². The summed E-state index contributed by atoms with van der Waals surface area (Å²) in [5.41, 5.74) is 1.62. The molecule has 0 aliphatic rings. The van der Waals surface area contributed by atoms with E-state index >= 15 is 0 Å². The third kappa shape index (κ3) is 5.41. The number of nitrogens with zero attached hydrogens (tertiary/aromatic N) is 4. The van der Waals surface area contributed by atoms with Crippen molar-refractivity contribution in [1.82, 2.24) is 25.1 Å². The molecule has 8 nitrogen and oxygen atoms in total. The van der Waals surface area contributed by atoms with Crippen molar-refractivity contribution < 1.29 is 9.59 Å². The van der Waals surface area contributed by atoms with Crippen LogP contribution in [0.2, 0.25) is 0 Å². The van der Waals surface area contributed by atoms with Crippen molar-refractivity contribution >= 4 is 29.4 Å². The standard InChI is InChI=1S/C20H22N6O2S/c1-13-7-6-8-15(11-13)19(28)22-14(2)18-24-25-20(26(18)3)29-12-17(27)23-16-9-4-5-10-21-16/h4-11,14H,12H2,1-3H3,(H,22,28)(H,21,23,27)/t14-/m1/s1. The van der Waals surface area contributed by atoms with Crippen LogP contribution in [0.5, 0.6) is 0 Å². The van der Waals surface area contributed by atoms with Gasteiger partial charge in [0.1, 0.15) is 5.82 Å². The lowest BCUT2D eigenvalue weighted by Gasteiger charge is -2.14. The summed E-state index contributed by atoms with van der Waals surface area (Å²) in [7, 11) is 1.81. The van der Waals surface area contributed by atoms with Crippen LogP contribution in [0.25, 0.3) is 0 Å². The number of thioether (sulfide) groups is 1. The summed E-state index contributed by atoms with van der Waals surface area (Å²) >= 11 is 1.27. The molecular weight excluding hydrogens is 388 g/mol. The quantitative estimate of drug-likeness (QED) is 0.581. The smallest absolute Gasteiger partial charge is 0.251 e. The fourth-order valence-corrected chi connectivity index (χ4v) is 3.42. The SMILES string of the molecule is Cc1cccc(C(=O)N[C@H](C)c2nnc(SCC(=O)Nc3ccccn3)n2C)c1. The van der Waals surface area contributed by atoms with E-state index in [1.807, 2.05) is 39.1 Å². The van der Waals surface area contributed by atoms with E-state index in [1.165, 1.54) is 11.8 Å². The number of benzene rings is 1. The molecule has 0 fully saturated rings. The maximum absolute atomic E-state index is 12.5. The van der Waals surface area contributed by atoms with Crippen LogP contribution in [0.3, 0.4) is 0 Å². The largest absolute Gasteiger partial charge is 0.342 e. The van der Waals surface area contributed by atoms with Crippen molar-refractivity contribution in [3.05, 3.63) is 65.6 Å². The molecule has 0 saturated heterocycles. The first kappa shape index (κ1) is 20.5. The van der Waals surface area contributed by atoms with Crippen molar-refractivity contribution in [1.29, 1.82) is 0 Å². The van der Waals surface area contributed by atoms with Gasteiger partial charge in [-0.1, -0.05) is 35.5 Å². The van der Waals surface area contributed by atoms with Crippen molar-refractivity contribution in [3.8, 4) is 0 Å². The zero-order valence-corrected chi connectivity index (χ0v) is 17.2. The van der Waals surface area contributed by atoms with Crippen LogP contribution in [0.1, 0.15) is 34.7 Å². The van der Waals surface area contributed by atoms with Crippen molar-refractivity contribution in [3.63, 3.8) is 0 Å². The molecule has 0 bridgehead atoms. The lowest BCUT2D eigenvalue weighted by Crippen LogP contribution is -2.28. The molecule has 0 spiro atoms. The zero-order valence-electron chi connectivity index (χ0n) is 16.4. The van der Waals surface area contributed by atoms with E-state index in [9.17, 15) is 9.59 Å². The van der Waals surface area contributed by atoms with Gasteiger partial charge in [-0.2, -0.15) is 0 Å². The average Bonchev–Trinajstić information content (AvgIpc) is 3.07. The van der Waals surface area contributed by atoms with E-state index in [1.54, 1.807) is 35.0 Å². The molecular formula is C20H22N6O2S. The molecule has 2 amide bonds. The van der Waals surface area contributed by atoms with Gasteiger partial charge in [0.25, 0.3) is 5.91 Å². The summed E-state index contributed by atoms with van der Waals surface area (Å²) in [6.45, 7) is 3.79. The Morgan fingerprint density at radius 1 is 1.17 bits per heavy atom. The number of nitrogens with one attached hydrogen (secondary N) is 2. The minimum absolute atomic E-state index is 0.173. The van der Waals surface area contributed by atoms with E-state index < -0.39 is 0 Å². The van der Waals surface area contributed by atoms with Gasteiger partial charge in [-0.15, -0.1) is 10.2 Å². The lowest BCUT2D eigenvalue weighted by molar-refractivity contribution is -0.113. The first-order valence-corrected chi connectivity index (χ1v) is 10.0. The van der Waals surface area contributed by atoms with Crippen LogP contribution >= 0.6 is 11.8 Å². The fraction of sp³-hybridized carbons (Fsp3) is 0.250. The Kier molecular flexibility index (Phi) is 6.61. The second-order valence-electron chi connectivity index (χ2n) is 6.52. The highest BCUT2D eigenvalue weighted by Crippen LogP contribution is 2.19. The number of amides is 2. The van der Waals surface area contributed by atoms with Crippen LogP contribution in [-0.2, 0) is 11.8 Å². The number of pyridine rings is 1. The zero-order chi connectivity index (χ0) is 20.8. The second-order valence-corrected chi connectivity index (χ2v) is 7.46. The summed E-state index contributed by atoms with van der Waals surface area (Å²) in [6.07, 6.45) is 1.62. The van der Waals surface area contributed by atoms with Crippen molar-refractivity contribution in [2.24, 2.45) is 7.05 Å². The highest BCUT2D eigenvalue weighted by molar-refractivity contribution is 7.99. The van der Waals surface area contributed by atoms with Gasteiger partial charge in [-0.05, 0) is 38.1 Å². The van der Waals surface area contributed by atoms with E-state index in [0.29, 0.717) is 22.4 Å². The van der Waals surface area contributed by atoms with Crippen LogP contribution in [0.15, 0.2) is 53.8 Å². The predicted octanol–water partition coefficient (Wildman–Crippen LogP) is 2.74. The van der Waals surface area contributed by atoms with Gasteiger partial charge in [0.05, 0.1) is 11.8 Å². The monoisotopic (exact) mass is 410 g/mol. The van der Waals surface area contributed by atoms with Gasteiger partial charge in [0.15, 0.2) is 11.0 Å². The predicted molar refractivity (Wildman–Crippen MR) is 112 cm³/mol. The normalized spacial score (nSPS) is 11.7. The number of hydrogen-bond acceptors (Lipinski definition) is 6. The molecule has 2 N–H and O–H groups in total. The average molecular weight is 411 g/mol. The molecule has 29 heavy (non-hydrogen) atoms. The Morgan fingerprint density at radius 3 is 2.72 bits per heavy atom. The highest BCUT2D eigenvalue weighted by Gasteiger charge is 2.19. The summed E-state index contributed by atoms with van der Waals surface area (Å²) in [6, 6.07) is 12.4. The highest BCUT2D eigenvalue weighted by atomic mass is 32.2. The molecule has 0 saturated carbocycles. The molecule has 0 aliphatic heterocycles. The Bertz CT molecular complexity index is 1010. The van der Waals surface area contributed by atoms with Crippen molar-refractivity contribution in [2.75, 3.05) is 11.1 Å². The third-order valence-corrected chi connectivity index (χ3v) is 5.17. The number of carbonyl (C=O) groups is 2. The molecule has 0 unspecified atom stereocenters.